The van der Waals surface area contributed by atoms with Crippen molar-refractivity contribution in [2.24, 2.45) is 0 Å². The van der Waals surface area contributed by atoms with E-state index in [1.807, 2.05) is 0 Å². The highest BCUT2D eigenvalue weighted by Gasteiger charge is 2.23. The molecule has 17 heteroatoms. The van der Waals surface area contributed by atoms with E-state index in [4.69, 9.17) is 0 Å². The fourth-order valence-electron chi connectivity index (χ4n) is 1.79. The third-order valence-electron chi connectivity index (χ3n) is 2.94. The number of benzene rings is 2. The topological polar surface area (TPSA) is 214 Å². The van der Waals surface area contributed by atoms with Gasteiger partial charge < -0.3 is 8.37 Å². The van der Waals surface area contributed by atoms with Gasteiger partial charge in [0.1, 0.15) is 11.5 Å². The summed E-state index contributed by atoms with van der Waals surface area (Å²) in [7, 11) is -9.71. The molecule has 2 aromatic rings. The number of amides is 2. The maximum absolute atomic E-state index is 11.7. The Kier molecular flexibility index (Phi) is 6.37. The second-order valence-electron chi connectivity index (χ2n) is 5.11. The molecular weight excluding hydrogens is 452 g/mol. The second kappa shape index (κ2) is 8.57. The lowest BCUT2D eigenvalue weighted by atomic mass is 10.3. The molecule has 0 bridgehead atoms. The van der Waals surface area contributed by atoms with Crippen LogP contribution in [0.3, 0.4) is 0 Å². The number of nitro groups is 2. The third kappa shape index (κ3) is 6.56. The van der Waals surface area contributed by atoms with E-state index >= 15 is 0 Å². The van der Waals surface area contributed by atoms with Crippen molar-refractivity contribution >= 4 is 38.0 Å². The second-order valence-corrected chi connectivity index (χ2v) is 7.67. The van der Waals surface area contributed by atoms with Gasteiger partial charge in [-0.05, 0) is 24.3 Å². The van der Waals surface area contributed by atoms with Crippen molar-refractivity contribution in [3.8, 4) is 11.5 Å². The first-order valence-electron chi connectivity index (χ1n) is 7.34. The van der Waals surface area contributed by atoms with Crippen LogP contribution in [0.5, 0.6) is 11.5 Å². The van der Waals surface area contributed by atoms with Gasteiger partial charge in [-0.1, -0.05) is 0 Å². The summed E-state index contributed by atoms with van der Waals surface area (Å²) in [4.78, 5) is 31.2. The molecule has 0 heterocycles. The summed E-state index contributed by atoms with van der Waals surface area (Å²) >= 11 is 0. The van der Waals surface area contributed by atoms with Crippen molar-refractivity contribution in [1.82, 2.24) is 9.44 Å². The molecule has 2 N–H and O–H groups in total. The highest BCUT2D eigenvalue weighted by Crippen LogP contribution is 2.19. The van der Waals surface area contributed by atoms with Crippen molar-refractivity contribution in [2.45, 2.75) is 0 Å². The zero-order chi connectivity index (χ0) is 22.5. The van der Waals surface area contributed by atoms with Gasteiger partial charge in [0.15, 0.2) is 0 Å². The van der Waals surface area contributed by atoms with E-state index in [1.54, 1.807) is 0 Å². The lowest BCUT2D eigenvalue weighted by molar-refractivity contribution is -0.385. The average molecular weight is 462 g/mol. The quantitative estimate of drug-likeness (QED) is 0.412. The molecule has 0 unspecified atom stereocenters. The SMILES string of the molecule is O=C(NS(=O)(=O)Oc1ccc([N+](=O)[O-])cc1)NS(=O)(=O)Oc1ccc([N+](=O)[O-])cc1. The van der Waals surface area contributed by atoms with Crippen LogP contribution in [0, 0.1) is 20.2 Å². The summed E-state index contributed by atoms with van der Waals surface area (Å²) in [5.41, 5.74) is -0.695. The Hall–Kier alpha value is -3.99. The van der Waals surface area contributed by atoms with Crippen LogP contribution in [0.4, 0.5) is 16.2 Å². The fraction of sp³-hybridized carbons (Fsp3) is 0. The molecule has 0 saturated heterocycles. The van der Waals surface area contributed by atoms with Crippen molar-refractivity contribution in [1.29, 1.82) is 0 Å². The predicted octanol–water partition coefficient (Wildman–Crippen LogP) is 0.750. The highest BCUT2D eigenvalue weighted by atomic mass is 32.2. The summed E-state index contributed by atoms with van der Waals surface area (Å²) < 4.78 is 58.3. The van der Waals surface area contributed by atoms with Gasteiger partial charge in [0.2, 0.25) is 0 Å². The lowest BCUT2D eigenvalue weighted by Gasteiger charge is -2.10. The average Bonchev–Trinajstić information content (AvgIpc) is 2.60. The van der Waals surface area contributed by atoms with Gasteiger partial charge >= 0.3 is 26.6 Å². The zero-order valence-electron chi connectivity index (χ0n) is 14.3. The molecular formula is C13H10N4O11S2. The standard InChI is InChI=1S/C13H10N4O11S2/c18-13(14-29(23,24)27-11-5-1-9(2-6-11)16(19)20)15-30(25,26)28-12-7-3-10(4-8-12)17(21)22/h1-8H,(H2,14,15,18). The van der Waals surface area contributed by atoms with E-state index < -0.39 is 48.0 Å². The minimum absolute atomic E-state index is 0.347. The van der Waals surface area contributed by atoms with E-state index in [1.165, 1.54) is 9.44 Å². The summed E-state index contributed by atoms with van der Waals surface area (Å²) in [5.74, 6) is -0.795. The van der Waals surface area contributed by atoms with E-state index in [9.17, 15) is 41.9 Å². The number of nitrogens with one attached hydrogen (secondary N) is 2. The van der Waals surface area contributed by atoms with Crippen LogP contribution >= 0.6 is 0 Å². The molecule has 0 aliphatic rings. The van der Waals surface area contributed by atoms with Crippen molar-refractivity contribution in [2.75, 3.05) is 0 Å². The van der Waals surface area contributed by atoms with Gasteiger partial charge in [-0.3, -0.25) is 20.2 Å². The summed E-state index contributed by atoms with van der Waals surface area (Å²) in [6.07, 6.45) is 0. The van der Waals surface area contributed by atoms with E-state index in [-0.39, 0.29) is 11.4 Å². The molecule has 0 fully saturated rings. The largest absolute Gasteiger partial charge is 0.411 e. The summed E-state index contributed by atoms with van der Waals surface area (Å²) in [6.45, 7) is 0. The van der Waals surface area contributed by atoms with Gasteiger partial charge in [-0.25, -0.2) is 14.2 Å². The molecule has 2 aromatic carbocycles. The molecule has 160 valence electrons. The van der Waals surface area contributed by atoms with Crippen molar-refractivity contribution in [3.05, 3.63) is 68.8 Å². The van der Waals surface area contributed by atoms with Crippen molar-refractivity contribution in [3.63, 3.8) is 0 Å². The molecule has 2 rings (SSSR count). The minimum atomic E-state index is -4.85. The Bertz CT molecular complexity index is 1080. The molecule has 0 atom stereocenters. The number of nitrogens with zero attached hydrogens (tertiary/aromatic N) is 2. The number of carbonyl (C=O) groups is 1. The highest BCUT2D eigenvalue weighted by molar-refractivity contribution is 7.87. The van der Waals surface area contributed by atoms with Crippen LogP contribution in [-0.2, 0) is 20.6 Å². The Labute approximate surface area is 168 Å². The monoisotopic (exact) mass is 462 g/mol. The van der Waals surface area contributed by atoms with Crippen LogP contribution < -0.4 is 17.8 Å². The molecule has 0 aliphatic heterocycles. The summed E-state index contributed by atoms with van der Waals surface area (Å²) in [5, 5.41) is 21.1. The molecule has 0 radical (unpaired) electrons. The summed E-state index contributed by atoms with van der Waals surface area (Å²) in [6, 6.07) is 5.72. The molecule has 0 aromatic heterocycles. The van der Waals surface area contributed by atoms with Crippen LogP contribution in [0.2, 0.25) is 0 Å². The Morgan fingerprint density at radius 3 is 1.27 bits per heavy atom. The molecule has 0 saturated carbocycles. The number of nitro benzene ring substituents is 2. The van der Waals surface area contributed by atoms with Gasteiger partial charge in [0.05, 0.1) is 9.85 Å². The maximum atomic E-state index is 11.7. The first-order valence-corrected chi connectivity index (χ1v) is 10.2. The van der Waals surface area contributed by atoms with Crippen LogP contribution in [0.1, 0.15) is 0 Å². The number of urea groups is 1. The van der Waals surface area contributed by atoms with Gasteiger partial charge in [0.25, 0.3) is 11.4 Å². The van der Waals surface area contributed by atoms with Crippen molar-refractivity contribution < 1.29 is 39.8 Å². The lowest BCUT2D eigenvalue weighted by Crippen LogP contribution is -2.45. The predicted molar refractivity (Wildman–Crippen MR) is 97.0 cm³/mol. The van der Waals surface area contributed by atoms with Crippen LogP contribution in [0.25, 0.3) is 0 Å². The number of hydrogen-bond acceptors (Lipinski definition) is 11. The fourth-order valence-corrected chi connectivity index (χ4v) is 3.22. The number of non-ortho nitro benzene ring substituents is 2. The van der Waals surface area contributed by atoms with E-state index in [0.717, 1.165) is 48.5 Å². The molecule has 30 heavy (non-hydrogen) atoms. The number of hydrogen-bond donors (Lipinski definition) is 2. The third-order valence-corrected chi connectivity index (χ3v) is 4.64. The molecule has 0 aliphatic carbocycles. The first-order chi connectivity index (χ1) is 13.9. The van der Waals surface area contributed by atoms with Gasteiger partial charge in [-0.2, -0.15) is 16.8 Å². The Morgan fingerprint density at radius 1 is 0.700 bits per heavy atom. The normalized spacial score (nSPS) is 11.2. The zero-order valence-corrected chi connectivity index (χ0v) is 16.0. The minimum Gasteiger partial charge on any atom is -0.367 e. The van der Waals surface area contributed by atoms with Gasteiger partial charge in [-0.15, -0.1) is 0 Å². The first kappa shape index (κ1) is 22.3. The maximum Gasteiger partial charge on any atom is 0.411 e. The number of carbonyl (C=O) groups excluding carboxylic acids is 1. The van der Waals surface area contributed by atoms with Crippen LogP contribution in [-0.4, -0.2) is 32.7 Å². The molecule has 0 spiro atoms. The van der Waals surface area contributed by atoms with E-state index in [2.05, 4.69) is 8.37 Å². The van der Waals surface area contributed by atoms with Gasteiger partial charge in [0, 0.05) is 24.3 Å². The van der Waals surface area contributed by atoms with Crippen LogP contribution in [0.15, 0.2) is 48.5 Å². The smallest absolute Gasteiger partial charge is 0.367 e. The van der Waals surface area contributed by atoms with E-state index in [0.29, 0.717) is 0 Å². The number of rotatable bonds is 8. The Balaban J connectivity index is 1.98. The molecule has 15 nitrogen and oxygen atoms in total. The molecule has 2 amide bonds. The Morgan fingerprint density at radius 2 is 1.00 bits per heavy atom.